The van der Waals surface area contributed by atoms with Gasteiger partial charge in [-0.05, 0) is 5.56 Å². The van der Waals surface area contributed by atoms with Crippen molar-refractivity contribution in [3.63, 3.8) is 0 Å². The number of ketones is 1. The minimum Gasteiger partial charge on any atom is -0.508 e. The van der Waals surface area contributed by atoms with Crippen molar-refractivity contribution in [1.82, 2.24) is 0 Å². The van der Waals surface area contributed by atoms with Crippen molar-refractivity contribution >= 4 is 28.7 Å². The third kappa shape index (κ3) is 3.79. The molecule has 0 aliphatic heterocycles. The molecule has 0 fully saturated rings. The molecule has 29 heavy (non-hydrogen) atoms. The van der Waals surface area contributed by atoms with E-state index >= 15 is 0 Å². The average molecular weight is 398 g/mol. The highest BCUT2D eigenvalue weighted by Gasteiger charge is 2.27. The molecule has 0 atom stereocenters. The summed E-state index contributed by atoms with van der Waals surface area (Å²) in [5.74, 6) is -5.27. The number of carbonyl (C=O) groups is 3. The topological polar surface area (TPSA) is 140 Å². The molecule has 2 N–H and O–H groups in total. The Balaban J connectivity index is 2.17. The van der Waals surface area contributed by atoms with Gasteiger partial charge in [0.1, 0.15) is 22.5 Å². The monoisotopic (exact) mass is 398 g/mol. The summed E-state index contributed by atoms with van der Waals surface area (Å²) < 4.78 is 5.40. The maximum absolute atomic E-state index is 13.0. The fourth-order valence-electron chi connectivity index (χ4n) is 2.60. The van der Waals surface area contributed by atoms with Gasteiger partial charge in [0.05, 0.1) is 5.56 Å². The molecule has 148 valence electrons. The second-order valence-corrected chi connectivity index (χ2v) is 5.86. The van der Waals surface area contributed by atoms with Gasteiger partial charge in [0.2, 0.25) is 17.0 Å². The standard InChI is InChI=1S/C20H14O9/c1-2-12(22)19(25)28-29-20(26)18-15(10-6-4-3-5-7-10)17(24)16-13(23)8-11(21)9-14(16)27-18/h3-9,21,23H,2H2,1H3. The van der Waals surface area contributed by atoms with Gasteiger partial charge in [0, 0.05) is 18.6 Å². The van der Waals surface area contributed by atoms with E-state index in [-0.39, 0.29) is 28.5 Å². The molecule has 1 heterocycles. The Labute approximate surface area is 162 Å². The van der Waals surface area contributed by atoms with Crippen LogP contribution in [0.2, 0.25) is 0 Å². The molecule has 0 aliphatic carbocycles. The number of benzene rings is 2. The lowest BCUT2D eigenvalue weighted by Crippen LogP contribution is -2.20. The number of aromatic hydroxyl groups is 2. The van der Waals surface area contributed by atoms with Gasteiger partial charge in [-0.2, -0.15) is 0 Å². The quantitative estimate of drug-likeness (QED) is 0.385. The van der Waals surface area contributed by atoms with E-state index in [1.165, 1.54) is 19.1 Å². The highest BCUT2D eigenvalue weighted by Crippen LogP contribution is 2.32. The number of rotatable bonds is 4. The Kier molecular flexibility index (Phi) is 5.31. The summed E-state index contributed by atoms with van der Waals surface area (Å²) in [7, 11) is 0. The first-order valence-corrected chi connectivity index (χ1v) is 8.37. The van der Waals surface area contributed by atoms with Gasteiger partial charge in [-0.25, -0.2) is 19.4 Å². The molecule has 9 nitrogen and oxygen atoms in total. The van der Waals surface area contributed by atoms with Crippen LogP contribution in [-0.4, -0.2) is 27.9 Å². The summed E-state index contributed by atoms with van der Waals surface area (Å²) in [6, 6.07) is 9.88. The van der Waals surface area contributed by atoms with Crippen molar-refractivity contribution < 1.29 is 38.8 Å². The van der Waals surface area contributed by atoms with Crippen molar-refractivity contribution in [2.24, 2.45) is 0 Å². The Bertz CT molecular complexity index is 1180. The van der Waals surface area contributed by atoms with Gasteiger partial charge in [-0.15, -0.1) is 0 Å². The van der Waals surface area contributed by atoms with Crippen LogP contribution in [0.25, 0.3) is 22.1 Å². The van der Waals surface area contributed by atoms with Gasteiger partial charge in [-0.1, -0.05) is 37.3 Å². The van der Waals surface area contributed by atoms with Crippen molar-refractivity contribution in [3.8, 4) is 22.6 Å². The number of Topliss-reactive ketones (excluding diaryl/α,β-unsaturated/α-hetero) is 1. The lowest BCUT2D eigenvalue weighted by atomic mass is 10.0. The van der Waals surface area contributed by atoms with Gasteiger partial charge in [0.25, 0.3) is 0 Å². The SMILES string of the molecule is CCC(=O)C(=O)OOC(=O)c1oc2cc(O)cc(O)c2c(=O)c1-c1ccccc1. The molecule has 0 saturated heterocycles. The summed E-state index contributed by atoms with van der Waals surface area (Å²) in [6.45, 7) is 1.42. The third-order valence-corrected chi connectivity index (χ3v) is 3.95. The van der Waals surface area contributed by atoms with Crippen molar-refractivity contribution in [1.29, 1.82) is 0 Å². The second kappa shape index (κ2) is 7.85. The van der Waals surface area contributed by atoms with E-state index in [1.54, 1.807) is 18.2 Å². The third-order valence-electron chi connectivity index (χ3n) is 3.95. The van der Waals surface area contributed by atoms with E-state index in [0.29, 0.717) is 0 Å². The zero-order valence-corrected chi connectivity index (χ0v) is 15.0. The van der Waals surface area contributed by atoms with Gasteiger partial charge in [0.15, 0.2) is 0 Å². The fraction of sp³-hybridized carbons (Fsp3) is 0.100. The fourth-order valence-corrected chi connectivity index (χ4v) is 2.60. The zero-order chi connectivity index (χ0) is 21.1. The van der Waals surface area contributed by atoms with Crippen LogP contribution >= 0.6 is 0 Å². The number of hydrogen-bond acceptors (Lipinski definition) is 9. The normalized spacial score (nSPS) is 10.5. The summed E-state index contributed by atoms with van der Waals surface area (Å²) in [5.41, 5.74) is -1.08. The number of phenolic OH excluding ortho intramolecular Hbond substituents is 2. The minimum absolute atomic E-state index is 0.157. The van der Waals surface area contributed by atoms with Crippen LogP contribution in [0.15, 0.2) is 51.7 Å². The molecule has 3 aromatic rings. The molecule has 0 spiro atoms. The summed E-state index contributed by atoms with van der Waals surface area (Å²) in [6.07, 6.45) is -0.157. The number of hydrogen-bond donors (Lipinski definition) is 2. The number of fused-ring (bicyclic) bond motifs is 1. The molecule has 0 saturated carbocycles. The average Bonchev–Trinajstić information content (AvgIpc) is 2.70. The first-order chi connectivity index (χ1) is 13.8. The molecule has 0 bridgehead atoms. The van der Waals surface area contributed by atoms with Crippen LogP contribution in [0, 0.1) is 0 Å². The molecule has 3 rings (SSSR count). The van der Waals surface area contributed by atoms with Gasteiger partial charge in [-0.3, -0.25) is 9.59 Å². The highest BCUT2D eigenvalue weighted by molar-refractivity contribution is 6.33. The van der Waals surface area contributed by atoms with E-state index in [4.69, 9.17) is 4.42 Å². The van der Waals surface area contributed by atoms with E-state index in [2.05, 4.69) is 9.78 Å². The Morgan fingerprint density at radius 3 is 2.38 bits per heavy atom. The lowest BCUT2D eigenvalue weighted by molar-refractivity contribution is -0.232. The molecular weight excluding hydrogens is 384 g/mol. The molecule has 1 aromatic heterocycles. The first kappa shape index (κ1) is 19.6. The summed E-state index contributed by atoms with van der Waals surface area (Å²) in [5, 5.41) is 19.4. The predicted octanol–water partition coefficient (Wildman–Crippen LogP) is 2.47. The van der Waals surface area contributed by atoms with Crippen LogP contribution in [0.4, 0.5) is 0 Å². The van der Waals surface area contributed by atoms with Crippen LogP contribution in [0.5, 0.6) is 11.5 Å². The summed E-state index contributed by atoms with van der Waals surface area (Å²) >= 11 is 0. The van der Waals surface area contributed by atoms with Crippen molar-refractivity contribution in [2.45, 2.75) is 13.3 Å². The molecular formula is C20H14O9. The van der Waals surface area contributed by atoms with Crippen molar-refractivity contribution in [2.75, 3.05) is 0 Å². The molecule has 0 unspecified atom stereocenters. The molecule has 0 amide bonds. The van der Waals surface area contributed by atoms with Crippen LogP contribution < -0.4 is 5.43 Å². The van der Waals surface area contributed by atoms with Crippen LogP contribution in [0.3, 0.4) is 0 Å². The highest BCUT2D eigenvalue weighted by atomic mass is 17.2. The van der Waals surface area contributed by atoms with E-state index in [1.807, 2.05) is 0 Å². The minimum atomic E-state index is -1.39. The first-order valence-electron chi connectivity index (χ1n) is 8.37. The van der Waals surface area contributed by atoms with E-state index in [9.17, 15) is 29.4 Å². The Morgan fingerprint density at radius 2 is 1.72 bits per heavy atom. The van der Waals surface area contributed by atoms with Gasteiger partial charge >= 0.3 is 11.9 Å². The van der Waals surface area contributed by atoms with Gasteiger partial charge < -0.3 is 14.6 Å². The Hall–Kier alpha value is -4.14. The molecule has 2 aromatic carbocycles. The Morgan fingerprint density at radius 1 is 1.03 bits per heavy atom. The maximum Gasteiger partial charge on any atom is 0.421 e. The lowest BCUT2D eigenvalue weighted by Gasteiger charge is -2.10. The smallest absolute Gasteiger partial charge is 0.421 e. The number of phenols is 2. The van der Waals surface area contributed by atoms with E-state index in [0.717, 1.165) is 12.1 Å². The molecule has 0 aliphatic rings. The van der Waals surface area contributed by atoms with Crippen LogP contribution in [0.1, 0.15) is 23.9 Å². The zero-order valence-electron chi connectivity index (χ0n) is 15.0. The summed E-state index contributed by atoms with van der Waals surface area (Å²) in [4.78, 5) is 56.7. The predicted molar refractivity (Wildman–Crippen MR) is 98.1 cm³/mol. The maximum atomic E-state index is 13.0. The largest absolute Gasteiger partial charge is 0.508 e. The van der Waals surface area contributed by atoms with E-state index < -0.39 is 40.4 Å². The molecule has 0 radical (unpaired) electrons. The van der Waals surface area contributed by atoms with Crippen LogP contribution in [-0.2, 0) is 19.4 Å². The number of carbonyl (C=O) groups excluding carboxylic acids is 3. The molecule has 9 heteroatoms. The second-order valence-electron chi connectivity index (χ2n) is 5.86. The van der Waals surface area contributed by atoms with Crippen molar-refractivity contribution in [3.05, 3.63) is 58.4 Å².